The third-order valence-corrected chi connectivity index (χ3v) is 3.72. The molecule has 2 atom stereocenters. The minimum absolute atomic E-state index is 0.0485. The topological polar surface area (TPSA) is 83.7 Å². The Kier molecular flexibility index (Phi) is 4.13. The van der Waals surface area contributed by atoms with Crippen molar-refractivity contribution in [2.45, 2.75) is 13.3 Å². The van der Waals surface area contributed by atoms with Crippen molar-refractivity contribution in [2.75, 3.05) is 18.0 Å². The quantitative estimate of drug-likeness (QED) is 0.685. The summed E-state index contributed by atoms with van der Waals surface area (Å²) in [4.78, 5) is 23.5. The van der Waals surface area contributed by atoms with Crippen LogP contribution in [0.25, 0.3) is 0 Å². The van der Waals surface area contributed by atoms with E-state index in [1.54, 1.807) is 4.90 Å². The number of carboxylic acid groups (broad SMARTS) is 1. The second kappa shape index (κ2) is 5.66. The van der Waals surface area contributed by atoms with E-state index < -0.39 is 16.8 Å². The molecular formula is C13H15ClN2O4. The normalized spacial score (nSPS) is 22.6. The predicted molar refractivity (Wildman–Crippen MR) is 75.2 cm³/mol. The molecule has 1 N–H and O–H groups in total. The Morgan fingerprint density at radius 1 is 1.50 bits per heavy atom. The highest BCUT2D eigenvalue weighted by Crippen LogP contribution is 2.35. The number of carboxylic acids is 1. The molecule has 2 rings (SSSR count). The van der Waals surface area contributed by atoms with Gasteiger partial charge >= 0.3 is 5.97 Å². The Balaban J connectivity index is 2.37. The van der Waals surface area contributed by atoms with Crippen LogP contribution in [0.3, 0.4) is 0 Å². The first-order valence-electron chi connectivity index (χ1n) is 6.30. The van der Waals surface area contributed by atoms with Crippen molar-refractivity contribution in [3.05, 3.63) is 33.3 Å². The van der Waals surface area contributed by atoms with Gasteiger partial charge in [0.1, 0.15) is 5.69 Å². The predicted octanol–water partition coefficient (Wildman–Crippen LogP) is 2.80. The number of nitro groups is 1. The van der Waals surface area contributed by atoms with Crippen molar-refractivity contribution in [1.29, 1.82) is 0 Å². The van der Waals surface area contributed by atoms with Gasteiger partial charge in [-0.15, -0.1) is 0 Å². The minimum Gasteiger partial charge on any atom is -0.481 e. The molecule has 0 saturated carbocycles. The van der Waals surface area contributed by atoms with E-state index in [9.17, 15) is 14.9 Å². The molecule has 6 nitrogen and oxygen atoms in total. The SMILES string of the molecule is CC1CC(C(=O)O)CN(c2cc(Cl)ccc2[N+](=O)[O-])C1. The third kappa shape index (κ3) is 3.01. The number of hydrogen-bond donors (Lipinski definition) is 1. The van der Waals surface area contributed by atoms with Gasteiger partial charge in [-0.1, -0.05) is 18.5 Å². The number of carbonyl (C=O) groups is 1. The molecule has 0 radical (unpaired) electrons. The van der Waals surface area contributed by atoms with Gasteiger partial charge in [-0.05, 0) is 24.5 Å². The zero-order valence-corrected chi connectivity index (χ0v) is 11.7. The number of nitro benzene ring substituents is 1. The fourth-order valence-corrected chi connectivity index (χ4v) is 2.80. The second-order valence-corrected chi connectivity index (χ2v) is 5.61. The second-order valence-electron chi connectivity index (χ2n) is 5.17. The Morgan fingerprint density at radius 2 is 2.20 bits per heavy atom. The van der Waals surface area contributed by atoms with Crippen LogP contribution in [0.5, 0.6) is 0 Å². The first-order valence-corrected chi connectivity index (χ1v) is 6.68. The van der Waals surface area contributed by atoms with E-state index >= 15 is 0 Å². The van der Waals surface area contributed by atoms with E-state index in [2.05, 4.69) is 0 Å². The van der Waals surface area contributed by atoms with E-state index in [1.807, 2.05) is 6.92 Å². The number of piperidine rings is 1. The first kappa shape index (κ1) is 14.6. The number of benzene rings is 1. The van der Waals surface area contributed by atoms with Gasteiger partial charge in [-0.2, -0.15) is 0 Å². The molecule has 1 saturated heterocycles. The third-order valence-electron chi connectivity index (χ3n) is 3.48. The highest BCUT2D eigenvalue weighted by molar-refractivity contribution is 6.31. The molecular weight excluding hydrogens is 284 g/mol. The lowest BCUT2D eigenvalue weighted by atomic mass is 9.90. The monoisotopic (exact) mass is 298 g/mol. The maximum Gasteiger partial charge on any atom is 0.308 e. The number of aliphatic carboxylic acids is 1. The Hall–Kier alpha value is -1.82. The van der Waals surface area contributed by atoms with Crippen LogP contribution in [0, 0.1) is 22.0 Å². The average Bonchev–Trinajstić information content (AvgIpc) is 2.37. The van der Waals surface area contributed by atoms with Gasteiger partial charge in [-0.25, -0.2) is 0 Å². The summed E-state index contributed by atoms with van der Waals surface area (Å²) in [5.74, 6) is -1.23. The summed E-state index contributed by atoms with van der Waals surface area (Å²) in [5.41, 5.74) is 0.341. The molecule has 20 heavy (non-hydrogen) atoms. The van der Waals surface area contributed by atoms with Crippen molar-refractivity contribution in [1.82, 2.24) is 0 Å². The lowest BCUT2D eigenvalue weighted by molar-refractivity contribution is -0.384. The van der Waals surface area contributed by atoms with Crippen LogP contribution in [-0.2, 0) is 4.79 Å². The van der Waals surface area contributed by atoms with Crippen LogP contribution >= 0.6 is 11.6 Å². The van der Waals surface area contributed by atoms with Crippen LogP contribution in [0.15, 0.2) is 18.2 Å². The zero-order valence-electron chi connectivity index (χ0n) is 11.0. The van der Waals surface area contributed by atoms with Crippen LogP contribution in [0.4, 0.5) is 11.4 Å². The smallest absolute Gasteiger partial charge is 0.308 e. The molecule has 0 bridgehead atoms. The van der Waals surface area contributed by atoms with Crippen LogP contribution in [0.2, 0.25) is 5.02 Å². The Morgan fingerprint density at radius 3 is 2.80 bits per heavy atom. The summed E-state index contributed by atoms with van der Waals surface area (Å²) in [5, 5.41) is 20.7. The fourth-order valence-electron chi connectivity index (χ4n) is 2.63. The first-order chi connectivity index (χ1) is 9.38. The molecule has 0 aromatic heterocycles. The van der Waals surface area contributed by atoms with Gasteiger partial charge < -0.3 is 10.0 Å². The highest BCUT2D eigenvalue weighted by Gasteiger charge is 2.32. The number of halogens is 1. The van der Waals surface area contributed by atoms with Crippen molar-refractivity contribution in [2.24, 2.45) is 11.8 Å². The molecule has 1 fully saturated rings. The molecule has 0 aliphatic carbocycles. The van der Waals surface area contributed by atoms with Gasteiger partial charge in [0.15, 0.2) is 0 Å². The van der Waals surface area contributed by atoms with E-state index in [0.717, 1.165) is 0 Å². The van der Waals surface area contributed by atoms with Gasteiger partial charge in [0, 0.05) is 24.2 Å². The lowest BCUT2D eigenvalue weighted by Gasteiger charge is -2.35. The van der Waals surface area contributed by atoms with Crippen LogP contribution in [-0.4, -0.2) is 29.1 Å². The summed E-state index contributed by atoms with van der Waals surface area (Å²) in [7, 11) is 0. The van der Waals surface area contributed by atoms with E-state index in [4.69, 9.17) is 16.7 Å². The fraction of sp³-hybridized carbons (Fsp3) is 0.462. The maximum atomic E-state index is 11.2. The number of hydrogen-bond acceptors (Lipinski definition) is 4. The molecule has 1 aliphatic heterocycles. The average molecular weight is 299 g/mol. The van der Waals surface area contributed by atoms with E-state index in [-0.39, 0.29) is 18.2 Å². The molecule has 1 aromatic rings. The van der Waals surface area contributed by atoms with Crippen molar-refractivity contribution in [3.8, 4) is 0 Å². The van der Waals surface area contributed by atoms with Gasteiger partial charge in [0.25, 0.3) is 5.69 Å². The van der Waals surface area contributed by atoms with Gasteiger partial charge in [0.2, 0.25) is 0 Å². The standard InChI is InChI=1S/C13H15ClN2O4/c1-8-4-9(13(17)18)7-15(6-8)12-5-10(14)2-3-11(12)16(19)20/h2-3,5,8-9H,4,6-7H2,1H3,(H,17,18). The molecule has 1 heterocycles. The van der Waals surface area contributed by atoms with Gasteiger partial charge in [-0.3, -0.25) is 14.9 Å². The lowest BCUT2D eigenvalue weighted by Crippen LogP contribution is -2.42. The maximum absolute atomic E-state index is 11.2. The molecule has 108 valence electrons. The summed E-state index contributed by atoms with van der Waals surface area (Å²) in [6.07, 6.45) is 0.584. The summed E-state index contributed by atoms with van der Waals surface area (Å²) >= 11 is 5.91. The number of anilines is 1. The number of rotatable bonds is 3. The van der Waals surface area contributed by atoms with Crippen molar-refractivity contribution in [3.63, 3.8) is 0 Å². The van der Waals surface area contributed by atoms with E-state index in [1.165, 1.54) is 18.2 Å². The van der Waals surface area contributed by atoms with Crippen LogP contribution in [0.1, 0.15) is 13.3 Å². The summed E-state index contributed by atoms with van der Waals surface area (Å²) in [6.45, 7) is 2.80. The largest absolute Gasteiger partial charge is 0.481 e. The molecule has 2 unspecified atom stereocenters. The van der Waals surface area contributed by atoms with Crippen molar-refractivity contribution >= 4 is 28.9 Å². The molecule has 1 aliphatic rings. The summed E-state index contributed by atoms with van der Waals surface area (Å²) < 4.78 is 0. The highest BCUT2D eigenvalue weighted by atomic mass is 35.5. The van der Waals surface area contributed by atoms with E-state index in [0.29, 0.717) is 23.7 Å². The zero-order chi connectivity index (χ0) is 14.9. The van der Waals surface area contributed by atoms with Crippen LogP contribution < -0.4 is 4.90 Å². The number of nitrogens with zero attached hydrogens (tertiary/aromatic N) is 2. The van der Waals surface area contributed by atoms with Crippen molar-refractivity contribution < 1.29 is 14.8 Å². The molecule has 7 heteroatoms. The Bertz CT molecular complexity index is 549. The van der Waals surface area contributed by atoms with Gasteiger partial charge in [0.05, 0.1) is 10.8 Å². The Labute approximate surface area is 121 Å². The molecule has 1 aromatic carbocycles. The minimum atomic E-state index is -0.869. The molecule has 0 spiro atoms. The molecule has 0 amide bonds. The summed E-state index contributed by atoms with van der Waals surface area (Å²) in [6, 6.07) is 4.34.